The van der Waals surface area contributed by atoms with Crippen LogP contribution < -0.4 is 5.73 Å². The Kier molecular flexibility index (Phi) is 3.25. The minimum atomic E-state index is -0.731. The van der Waals surface area contributed by atoms with E-state index in [1.807, 2.05) is 11.4 Å². The van der Waals surface area contributed by atoms with Gasteiger partial charge in [0.2, 0.25) is 0 Å². The van der Waals surface area contributed by atoms with Crippen molar-refractivity contribution < 1.29 is 9.53 Å². The third-order valence-electron chi connectivity index (χ3n) is 2.66. The normalized spacial score (nSPS) is 20.1. The summed E-state index contributed by atoms with van der Waals surface area (Å²) in [6, 6.07) is 1.88. The molecule has 1 aliphatic rings. The summed E-state index contributed by atoms with van der Waals surface area (Å²) >= 11 is 4.79. The van der Waals surface area contributed by atoms with Crippen molar-refractivity contribution in [3.8, 4) is 0 Å². The summed E-state index contributed by atoms with van der Waals surface area (Å²) in [6.45, 7) is 1.15. The van der Waals surface area contributed by atoms with Gasteiger partial charge in [0.25, 0.3) is 0 Å². The topological polar surface area (TPSA) is 52.3 Å². The quantitative estimate of drug-likeness (QED) is 0.850. The predicted octanol–water partition coefficient (Wildman–Crippen LogP) is 2.20. The minimum Gasteiger partial charge on any atom is -0.381 e. The van der Waals surface area contributed by atoms with Gasteiger partial charge in [-0.1, -0.05) is 0 Å². The van der Waals surface area contributed by atoms with E-state index in [-0.39, 0.29) is 5.78 Å². The number of carbonyl (C=O) groups is 1. The van der Waals surface area contributed by atoms with Gasteiger partial charge in [0.15, 0.2) is 5.78 Å². The standard InChI is InChI=1S/C10H12BrNO2S/c11-7-1-6-15-8(7)9(13)10(12)2-4-14-5-3-10/h1,6H,2-5,12H2. The van der Waals surface area contributed by atoms with Crippen molar-refractivity contribution in [3.05, 3.63) is 20.8 Å². The zero-order valence-electron chi connectivity index (χ0n) is 8.16. The van der Waals surface area contributed by atoms with Crippen molar-refractivity contribution in [1.29, 1.82) is 0 Å². The average molecular weight is 290 g/mol. The third kappa shape index (κ3) is 2.15. The minimum absolute atomic E-state index is 0.0349. The molecule has 2 rings (SSSR count). The maximum absolute atomic E-state index is 12.2. The van der Waals surface area contributed by atoms with Gasteiger partial charge in [-0.2, -0.15) is 0 Å². The van der Waals surface area contributed by atoms with Crippen LogP contribution in [-0.4, -0.2) is 24.5 Å². The molecule has 0 unspecified atom stereocenters. The van der Waals surface area contributed by atoms with Crippen LogP contribution in [0.15, 0.2) is 15.9 Å². The highest BCUT2D eigenvalue weighted by Crippen LogP contribution is 2.30. The van der Waals surface area contributed by atoms with Gasteiger partial charge in [-0.3, -0.25) is 4.79 Å². The highest BCUT2D eigenvalue weighted by molar-refractivity contribution is 9.10. The second-order valence-electron chi connectivity index (χ2n) is 3.70. The number of nitrogens with two attached hydrogens (primary N) is 1. The first-order valence-electron chi connectivity index (χ1n) is 4.78. The fourth-order valence-electron chi connectivity index (χ4n) is 1.64. The SMILES string of the molecule is NC1(C(=O)c2sccc2Br)CCOCC1. The van der Waals surface area contributed by atoms with Crippen LogP contribution in [0.3, 0.4) is 0 Å². The molecule has 0 amide bonds. The van der Waals surface area contributed by atoms with Gasteiger partial charge in [0.1, 0.15) is 0 Å². The first-order valence-corrected chi connectivity index (χ1v) is 6.45. The lowest BCUT2D eigenvalue weighted by atomic mass is 9.86. The number of thiophene rings is 1. The van der Waals surface area contributed by atoms with Gasteiger partial charge >= 0.3 is 0 Å². The second kappa shape index (κ2) is 4.33. The molecule has 0 spiro atoms. The van der Waals surface area contributed by atoms with E-state index in [2.05, 4.69) is 15.9 Å². The van der Waals surface area contributed by atoms with E-state index in [1.165, 1.54) is 11.3 Å². The summed E-state index contributed by atoms with van der Waals surface area (Å²) in [5, 5.41) is 1.89. The van der Waals surface area contributed by atoms with E-state index in [0.29, 0.717) is 26.1 Å². The summed E-state index contributed by atoms with van der Waals surface area (Å²) in [4.78, 5) is 12.9. The van der Waals surface area contributed by atoms with E-state index >= 15 is 0 Å². The lowest BCUT2D eigenvalue weighted by Crippen LogP contribution is -2.51. The third-order valence-corrected chi connectivity index (χ3v) is 4.50. The van der Waals surface area contributed by atoms with Gasteiger partial charge in [-0.15, -0.1) is 11.3 Å². The molecule has 2 heterocycles. The van der Waals surface area contributed by atoms with Crippen LogP contribution in [0, 0.1) is 0 Å². The Labute approximate surface area is 101 Å². The molecule has 82 valence electrons. The summed E-state index contributed by atoms with van der Waals surface area (Å²) in [5.74, 6) is 0.0349. The Bertz CT molecular complexity index is 371. The summed E-state index contributed by atoms with van der Waals surface area (Å²) in [7, 11) is 0. The molecule has 15 heavy (non-hydrogen) atoms. The molecule has 1 aliphatic heterocycles. The van der Waals surface area contributed by atoms with Crippen molar-refractivity contribution in [2.75, 3.05) is 13.2 Å². The van der Waals surface area contributed by atoms with E-state index in [9.17, 15) is 4.79 Å². The molecule has 1 fully saturated rings. The maximum Gasteiger partial charge on any atom is 0.193 e. The molecular formula is C10H12BrNO2S. The molecular weight excluding hydrogens is 278 g/mol. The molecule has 5 heteroatoms. The van der Waals surface area contributed by atoms with Crippen molar-refractivity contribution in [1.82, 2.24) is 0 Å². The molecule has 1 aromatic heterocycles. The largest absolute Gasteiger partial charge is 0.381 e. The number of ether oxygens (including phenoxy) is 1. The lowest BCUT2D eigenvalue weighted by Gasteiger charge is -2.31. The Morgan fingerprint density at radius 1 is 1.53 bits per heavy atom. The van der Waals surface area contributed by atoms with Crippen LogP contribution >= 0.6 is 27.3 Å². The van der Waals surface area contributed by atoms with Gasteiger partial charge in [-0.05, 0) is 40.2 Å². The smallest absolute Gasteiger partial charge is 0.193 e. The van der Waals surface area contributed by atoms with E-state index in [4.69, 9.17) is 10.5 Å². The number of ketones is 1. The van der Waals surface area contributed by atoms with Gasteiger partial charge in [0.05, 0.1) is 10.4 Å². The van der Waals surface area contributed by atoms with Gasteiger partial charge < -0.3 is 10.5 Å². The molecule has 0 aliphatic carbocycles. The summed E-state index contributed by atoms with van der Waals surface area (Å²) in [6.07, 6.45) is 1.21. The van der Waals surface area contributed by atoms with Crippen LogP contribution in [0.25, 0.3) is 0 Å². The number of rotatable bonds is 2. The molecule has 1 saturated heterocycles. The summed E-state index contributed by atoms with van der Waals surface area (Å²) < 4.78 is 6.06. The molecule has 2 N–H and O–H groups in total. The Morgan fingerprint density at radius 2 is 2.20 bits per heavy atom. The first-order chi connectivity index (χ1) is 7.13. The maximum atomic E-state index is 12.2. The lowest BCUT2D eigenvalue weighted by molar-refractivity contribution is 0.0450. The first kappa shape index (κ1) is 11.3. The zero-order chi connectivity index (χ0) is 10.9. The van der Waals surface area contributed by atoms with Crippen LogP contribution in [0.5, 0.6) is 0 Å². The van der Waals surface area contributed by atoms with E-state index in [1.54, 1.807) is 0 Å². The van der Waals surface area contributed by atoms with E-state index < -0.39 is 5.54 Å². The van der Waals surface area contributed by atoms with Crippen LogP contribution in [0.1, 0.15) is 22.5 Å². The van der Waals surface area contributed by atoms with Gasteiger partial charge in [-0.25, -0.2) is 0 Å². The predicted molar refractivity (Wildman–Crippen MR) is 63.3 cm³/mol. The monoisotopic (exact) mass is 289 g/mol. The average Bonchev–Trinajstić information content (AvgIpc) is 2.64. The van der Waals surface area contributed by atoms with Crippen molar-refractivity contribution >= 4 is 33.0 Å². The van der Waals surface area contributed by atoms with Crippen molar-refractivity contribution in [2.24, 2.45) is 5.73 Å². The van der Waals surface area contributed by atoms with Crippen molar-refractivity contribution in [3.63, 3.8) is 0 Å². The fourth-order valence-corrected chi connectivity index (χ4v) is 3.24. The zero-order valence-corrected chi connectivity index (χ0v) is 10.6. The number of halogens is 1. The Balaban J connectivity index is 2.23. The number of carbonyl (C=O) groups excluding carboxylic acids is 1. The highest BCUT2D eigenvalue weighted by atomic mass is 79.9. The number of hydrogen-bond donors (Lipinski definition) is 1. The van der Waals surface area contributed by atoms with Crippen LogP contribution in [0.2, 0.25) is 0 Å². The molecule has 0 atom stereocenters. The Morgan fingerprint density at radius 3 is 2.73 bits per heavy atom. The molecule has 0 aromatic carbocycles. The number of hydrogen-bond acceptors (Lipinski definition) is 4. The molecule has 1 aromatic rings. The second-order valence-corrected chi connectivity index (χ2v) is 5.47. The van der Waals surface area contributed by atoms with Crippen molar-refractivity contribution in [2.45, 2.75) is 18.4 Å². The fraction of sp³-hybridized carbons (Fsp3) is 0.500. The molecule has 0 bridgehead atoms. The molecule has 0 saturated carbocycles. The van der Waals surface area contributed by atoms with Crippen LogP contribution in [-0.2, 0) is 4.74 Å². The van der Waals surface area contributed by atoms with E-state index in [0.717, 1.165) is 9.35 Å². The molecule has 0 radical (unpaired) electrons. The summed E-state index contributed by atoms with van der Waals surface area (Å²) in [5.41, 5.74) is 5.39. The van der Waals surface area contributed by atoms with Gasteiger partial charge in [0, 0.05) is 17.7 Å². The highest BCUT2D eigenvalue weighted by Gasteiger charge is 2.37. The Hall–Kier alpha value is -0.230. The number of Topliss-reactive ketones (excluding diaryl/α,β-unsaturated/α-hetero) is 1. The van der Waals surface area contributed by atoms with Crippen LogP contribution in [0.4, 0.5) is 0 Å². The molecule has 3 nitrogen and oxygen atoms in total.